The predicted molar refractivity (Wildman–Crippen MR) is 111 cm³/mol. The molecule has 1 unspecified atom stereocenters. The first kappa shape index (κ1) is 18.7. The summed E-state index contributed by atoms with van der Waals surface area (Å²) in [6, 6.07) is 9.06. The van der Waals surface area contributed by atoms with Crippen molar-refractivity contribution in [1.82, 2.24) is 15.6 Å². The zero-order valence-corrected chi connectivity index (χ0v) is 16.8. The summed E-state index contributed by atoms with van der Waals surface area (Å²) in [5, 5.41) is 6.89. The van der Waals surface area contributed by atoms with Crippen molar-refractivity contribution in [2.45, 2.75) is 46.2 Å². The van der Waals surface area contributed by atoms with Gasteiger partial charge in [-0.3, -0.25) is 0 Å². The summed E-state index contributed by atoms with van der Waals surface area (Å²) in [6.45, 7) is 10.2. The lowest BCUT2D eigenvalue weighted by atomic mass is 10.1. The number of anilines is 1. The van der Waals surface area contributed by atoms with E-state index in [4.69, 9.17) is 4.99 Å². The Morgan fingerprint density at radius 3 is 2.85 bits per heavy atom. The summed E-state index contributed by atoms with van der Waals surface area (Å²) in [5.74, 6) is 0.847. The van der Waals surface area contributed by atoms with Gasteiger partial charge >= 0.3 is 0 Å². The van der Waals surface area contributed by atoms with Gasteiger partial charge in [-0.1, -0.05) is 12.1 Å². The molecule has 0 spiro atoms. The van der Waals surface area contributed by atoms with Crippen LogP contribution in [0.5, 0.6) is 0 Å². The lowest BCUT2D eigenvalue weighted by Gasteiger charge is -2.22. The summed E-state index contributed by atoms with van der Waals surface area (Å²) >= 11 is 1.66. The summed E-state index contributed by atoms with van der Waals surface area (Å²) < 4.78 is 0. The number of guanidine groups is 1. The predicted octanol–water partition coefficient (Wildman–Crippen LogP) is 3.87. The summed E-state index contributed by atoms with van der Waals surface area (Å²) in [5.41, 5.74) is 5.57. The molecule has 0 bridgehead atoms. The Hall–Kier alpha value is -2.08. The van der Waals surface area contributed by atoms with E-state index in [9.17, 15) is 0 Å². The Balaban J connectivity index is 1.68. The Bertz CT molecular complexity index is 733. The number of thiazole rings is 1. The number of hydrogen-bond donors (Lipinski definition) is 2. The fraction of sp³-hybridized carbons (Fsp3) is 0.500. The van der Waals surface area contributed by atoms with Crippen molar-refractivity contribution in [3.8, 4) is 0 Å². The van der Waals surface area contributed by atoms with Crippen molar-refractivity contribution in [1.29, 1.82) is 0 Å². The Morgan fingerprint density at radius 2 is 2.15 bits per heavy atom. The molecule has 3 rings (SSSR count). The highest BCUT2D eigenvalue weighted by Crippen LogP contribution is 2.24. The second kappa shape index (κ2) is 9.03. The van der Waals surface area contributed by atoms with Crippen molar-refractivity contribution < 1.29 is 0 Å². The standard InChI is InChI=1S/C20H29N5S/c1-4-21-20(22-13-19-16(3)23-14-26-19)24-15(2)17-8-7-9-18(12-17)25-10-5-6-11-25/h7-9,12,14-15H,4-6,10-11,13H2,1-3H3,(H2,21,22,24). The second-order valence-corrected chi connectivity index (χ2v) is 7.65. The van der Waals surface area contributed by atoms with E-state index >= 15 is 0 Å². The first-order valence-corrected chi connectivity index (χ1v) is 10.3. The summed E-state index contributed by atoms with van der Waals surface area (Å²) in [6.07, 6.45) is 2.60. The number of rotatable bonds is 6. The van der Waals surface area contributed by atoms with Gasteiger partial charge in [0.1, 0.15) is 0 Å². The van der Waals surface area contributed by atoms with Gasteiger partial charge in [0, 0.05) is 30.2 Å². The Kier molecular flexibility index (Phi) is 6.50. The van der Waals surface area contributed by atoms with Crippen LogP contribution in [0.25, 0.3) is 0 Å². The normalized spacial score (nSPS) is 16.0. The maximum Gasteiger partial charge on any atom is 0.192 e. The highest BCUT2D eigenvalue weighted by molar-refractivity contribution is 7.09. The third-order valence-electron chi connectivity index (χ3n) is 4.76. The highest BCUT2D eigenvalue weighted by Gasteiger charge is 2.14. The van der Waals surface area contributed by atoms with E-state index in [1.54, 1.807) is 11.3 Å². The van der Waals surface area contributed by atoms with Crippen LogP contribution in [-0.4, -0.2) is 30.6 Å². The van der Waals surface area contributed by atoms with Gasteiger partial charge in [-0.25, -0.2) is 9.98 Å². The van der Waals surface area contributed by atoms with Gasteiger partial charge in [0.15, 0.2) is 5.96 Å². The van der Waals surface area contributed by atoms with Crippen LogP contribution in [0.15, 0.2) is 34.8 Å². The van der Waals surface area contributed by atoms with Crippen molar-refractivity contribution >= 4 is 23.0 Å². The molecule has 1 aliphatic heterocycles. The summed E-state index contributed by atoms with van der Waals surface area (Å²) in [4.78, 5) is 12.7. The molecule has 1 aromatic heterocycles. The van der Waals surface area contributed by atoms with Crippen LogP contribution in [0, 0.1) is 6.92 Å². The first-order valence-electron chi connectivity index (χ1n) is 9.46. The Morgan fingerprint density at radius 1 is 1.35 bits per heavy atom. The molecular weight excluding hydrogens is 342 g/mol. The van der Waals surface area contributed by atoms with Crippen LogP contribution < -0.4 is 15.5 Å². The van der Waals surface area contributed by atoms with Crippen LogP contribution in [0.1, 0.15) is 48.9 Å². The molecular formula is C20H29N5S. The van der Waals surface area contributed by atoms with E-state index in [2.05, 4.69) is 58.6 Å². The number of aryl methyl sites for hydroxylation is 1. The van der Waals surface area contributed by atoms with E-state index in [0.29, 0.717) is 6.54 Å². The topological polar surface area (TPSA) is 52.6 Å². The molecule has 6 heteroatoms. The minimum atomic E-state index is 0.193. The lowest BCUT2D eigenvalue weighted by molar-refractivity contribution is 0.686. The molecule has 0 aliphatic carbocycles. The molecule has 2 aromatic rings. The monoisotopic (exact) mass is 371 g/mol. The molecule has 1 atom stereocenters. The van der Waals surface area contributed by atoms with Crippen molar-refractivity contribution in [3.05, 3.63) is 45.9 Å². The van der Waals surface area contributed by atoms with Crippen molar-refractivity contribution in [2.75, 3.05) is 24.5 Å². The number of nitrogens with zero attached hydrogens (tertiary/aromatic N) is 3. The van der Waals surface area contributed by atoms with E-state index in [-0.39, 0.29) is 6.04 Å². The van der Waals surface area contributed by atoms with E-state index in [1.165, 1.54) is 42.1 Å². The van der Waals surface area contributed by atoms with Gasteiger partial charge in [-0.05, 0) is 51.3 Å². The lowest BCUT2D eigenvalue weighted by Crippen LogP contribution is -2.38. The zero-order chi connectivity index (χ0) is 18.4. The maximum atomic E-state index is 4.74. The third kappa shape index (κ3) is 4.75. The van der Waals surface area contributed by atoms with Crippen LogP contribution in [0.3, 0.4) is 0 Å². The molecule has 1 aromatic carbocycles. The molecule has 1 aliphatic rings. The largest absolute Gasteiger partial charge is 0.372 e. The van der Waals surface area contributed by atoms with Gasteiger partial charge < -0.3 is 15.5 Å². The number of aliphatic imine (C=N–C) groups is 1. The minimum Gasteiger partial charge on any atom is -0.372 e. The van der Waals surface area contributed by atoms with E-state index in [0.717, 1.165) is 18.2 Å². The molecule has 0 saturated carbocycles. The van der Waals surface area contributed by atoms with E-state index in [1.807, 2.05) is 12.4 Å². The third-order valence-corrected chi connectivity index (χ3v) is 5.68. The molecule has 2 heterocycles. The number of benzene rings is 1. The molecule has 26 heavy (non-hydrogen) atoms. The fourth-order valence-corrected chi connectivity index (χ4v) is 3.90. The van der Waals surface area contributed by atoms with E-state index < -0.39 is 0 Å². The molecule has 1 fully saturated rings. The second-order valence-electron chi connectivity index (χ2n) is 6.71. The molecule has 1 saturated heterocycles. The molecule has 0 amide bonds. The minimum absolute atomic E-state index is 0.193. The number of nitrogens with one attached hydrogen (secondary N) is 2. The zero-order valence-electron chi connectivity index (χ0n) is 16.0. The van der Waals surface area contributed by atoms with Gasteiger partial charge in [-0.2, -0.15) is 0 Å². The van der Waals surface area contributed by atoms with Gasteiger partial charge in [0.05, 0.1) is 23.8 Å². The molecule has 0 radical (unpaired) electrons. The van der Waals surface area contributed by atoms with Gasteiger partial charge in [-0.15, -0.1) is 11.3 Å². The van der Waals surface area contributed by atoms with Crippen LogP contribution >= 0.6 is 11.3 Å². The average Bonchev–Trinajstić information content (AvgIpc) is 3.32. The smallest absolute Gasteiger partial charge is 0.192 e. The quantitative estimate of drug-likeness (QED) is 0.598. The van der Waals surface area contributed by atoms with Gasteiger partial charge in [0.2, 0.25) is 0 Å². The fourth-order valence-electron chi connectivity index (χ4n) is 3.20. The molecule has 5 nitrogen and oxygen atoms in total. The van der Waals surface area contributed by atoms with Crippen LogP contribution in [-0.2, 0) is 6.54 Å². The SMILES string of the molecule is CCNC(=NCc1scnc1C)NC(C)c1cccc(N2CCCC2)c1. The van der Waals surface area contributed by atoms with Crippen molar-refractivity contribution in [2.24, 2.45) is 4.99 Å². The summed E-state index contributed by atoms with van der Waals surface area (Å²) in [7, 11) is 0. The maximum absolute atomic E-state index is 4.74. The number of hydrogen-bond acceptors (Lipinski definition) is 4. The van der Waals surface area contributed by atoms with Crippen LogP contribution in [0.4, 0.5) is 5.69 Å². The van der Waals surface area contributed by atoms with Crippen molar-refractivity contribution in [3.63, 3.8) is 0 Å². The van der Waals surface area contributed by atoms with Gasteiger partial charge in [0.25, 0.3) is 0 Å². The first-order chi connectivity index (χ1) is 12.7. The molecule has 140 valence electrons. The van der Waals surface area contributed by atoms with Crippen LogP contribution in [0.2, 0.25) is 0 Å². The number of aromatic nitrogens is 1. The highest BCUT2D eigenvalue weighted by atomic mass is 32.1. The Labute approximate surface area is 160 Å². The average molecular weight is 372 g/mol. The molecule has 2 N–H and O–H groups in total.